The molecule has 1 heterocycles. The number of hydrogen-bond acceptors (Lipinski definition) is 3. The summed E-state index contributed by atoms with van der Waals surface area (Å²) in [6, 6.07) is 6.33. The van der Waals surface area contributed by atoms with Crippen LogP contribution in [0.25, 0.3) is 0 Å². The van der Waals surface area contributed by atoms with Crippen LogP contribution in [0.3, 0.4) is 0 Å². The summed E-state index contributed by atoms with van der Waals surface area (Å²) in [5, 5.41) is 3.32. The van der Waals surface area contributed by atoms with Crippen molar-refractivity contribution in [3.8, 4) is 5.75 Å². The van der Waals surface area contributed by atoms with Gasteiger partial charge in [-0.2, -0.15) is 0 Å². The fourth-order valence-corrected chi connectivity index (χ4v) is 2.01. The lowest BCUT2D eigenvalue weighted by Gasteiger charge is -2.32. The molecule has 0 saturated carbocycles. The maximum Gasteiger partial charge on any atom is 0.261 e. The van der Waals surface area contributed by atoms with E-state index in [1.807, 2.05) is 0 Å². The molecule has 1 aromatic carbocycles. The van der Waals surface area contributed by atoms with Crippen molar-refractivity contribution in [1.29, 1.82) is 0 Å². The van der Waals surface area contributed by atoms with Gasteiger partial charge in [-0.25, -0.2) is 0 Å². The number of rotatable bonds is 3. The van der Waals surface area contributed by atoms with Crippen molar-refractivity contribution >= 4 is 23.4 Å². The molecule has 2 rings (SSSR count). The van der Waals surface area contributed by atoms with Gasteiger partial charge in [0.15, 0.2) is 6.61 Å². The van der Waals surface area contributed by atoms with Crippen LogP contribution >= 0.6 is 11.6 Å². The average molecular weight is 283 g/mol. The first-order chi connectivity index (χ1) is 9.08. The van der Waals surface area contributed by atoms with Crippen LogP contribution in [-0.2, 0) is 9.59 Å². The van der Waals surface area contributed by atoms with Crippen molar-refractivity contribution in [2.45, 2.75) is 13.0 Å². The maximum atomic E-state index is 12.0. The zero-order chi connectivity index (χ0) is 13.8. The minimum absolute atomic E-state index is 0.0841. The molecule has 2 amide bonds. The summed E-state index contributed by atoms with van der Waals surface area (Å²) in [4.78, 5) is 25.0. The quantitative estimate of drug-likeness (QED) is 0.902. The van der Waals surface area contributed by atoms with E-state index in [0.717, 1.165) is 0 Å². The van der Waals surface area contributed by atoms with Crippen LogP contribution in [-0.4, -0.2) is 42.5 Å². The third-order valence-corrected chi connectivity index (χ3v) is 3.25. The molecule has 1 fully saturated rings. The lowest BCUT2D eigenvalue weighted by molar-refractivity contribution is -0.143. The number of benzene rings is 1. The highest BCUT2D eigenvalue weighted by Gasteiger charge is 2.29. The first kappa shape index (κ1) is 13.7. The molecule has 1 N–H and O–H groups in total. The van der Waals surface area contributed by atoms with E-state index in [4.69, 9.17) is 16.3 Å². The number of carbonyl (C=O) groups excluding carboxylic acids is 2. The van der Waals surface area contributed by atoms with Gasteiger partial charge < -0.3 is 15.0 Å². The summed E-state index contributed by atoms with van der Waals surface area (Å²) in [7, 11) is 0. The Morgan fingerprint density at radius 3 is 2.84 bits per heavy atom. The van der Waals surface area contributed by atoms with Gasteiger partial charge >= 0.3 is 0 Å². The van der Waals surface area contributed by atoms with Crippen molar-refractivity contribution in [2.75, 3.05) is 19.7 Å². The molecule has 1 aliphatic heterocycles. The lowest BCUT2D eigenvalue weighted by atomic mass is 10.2. The molecule has 102 valence electrons. The van der Waals surface area contributed by atoms with E-state index in [-0.39, 0.29) is 18.4 Å². The fourth-order valence-electron chi connectivity index (χ4n) is 1.88. The molecule has 0 radical (unpaired) electrons. The standard InChI is InChI=1S/C13H15ClN2O3/c1-9-13(18)15-6-7-16(9)12(17)8-19-11-4-2-10(14)3-5-11/h2-5,9H,6-8H2,1H3,(H,15,18)/t9-/m0/s1. The maximum absolute atomic E-state index is 12.0. The molecule has 0 aliphatic carbocycles. The highest BCUT2D eigenvalue weighted by Crippen LogP contribution is 2.15. The van der Waals surface area contributed by atoms with Gasteiger partial charge in [0.05, 0.1) is 0 Å². The summed E-state index contributed by atoms with van der Waals surface area (Å²) < 4.78 is 5.38. The first-order valence-corrected chi connectivity index (χ1v) is 6.41. The Morgan fingerprint density at radius 1 is 1.47 bits per heavy atom. The number of nitrogens with zero attached hydrogens (tertiary/aromatic N) is 1. The summed E-state index contributed by atoms with van der Waals surface area (Å²) in [6.07, 6.45) is 0. The van der Waals surface area contributed by atoms with Crippen LogP contribution in [0.2, 0.25) is 5.02 Å². The Hall–Kier alpha value is -1.75. The predicted molar refractivity (Wildman–Crippen MR) is 71.1 cm³/mol. The molecule has 0 aromatic heterocycles. The van der Waals surface area contributed by atoms with Gasteiger partial charge in [-0.05, 0) is 31.2 Å². The molecule has 19 heavy (non-hydrogen) atoms. The smallest absolute Gasteiger partial charge is 0.261 e. The second-order valence-electron chi connectivity index (χ2n) is 4.30. The van der Waals surface area contributed by atoms with Crippen LogP contribution < -0.4 is 10.1 Å². The van der Waals surface area contributed by atoms with E-state index in [2.05, 4.69) is 5.32 Å². The second-order valence-corrected chi connectivity index (χ2v) is 4.73. The molecular formula is C13H15ClN2O3. The van der Waals surface area contributed by atoms with Crippen molar-refractivity contribution in [2.24, 2.45) is 0 Å². The van der Waals surface area contributed by atoms with Crippen LogP contribution in [0.5, 0.6) is 5.75 Å². The van der Waals surface area contributed by atoms with E-state index >= 15 is 0 Å². The minimum Gasteiger partial charge on any atom is -0.484 e. The molecule has 1 aromatic rings. The van der Waals surface area contributed by atoms with Gasteiger partial charge in [-0.3, -0.25) is 9.59 Å². The Balaban J connectivity index is 1.90. The van der Waals surface area contributed by atoms with Gasteiger partial charge in [-0.15, -0.1) is 0 Å². The Morgan fingerprint density at radius 2 is 2.16 bits per heavy atom. The summed E-state index contributed by atoms with van der Waals surface area (Å²) >= 11 is 5.76. The topological polar surface area (TPSA) is 58.6 Å². The van der Waals surface area contributed by atoms with Crippen molar-refractivity contribution in [3.63, 3.8) is 0 Å². The number of ether oxygens (including phenoxy) is 1. The predicted octanol–water partition coefficient (Wildman–Crippen LogP) is 1.07. The SMILES string of the molecule is C[C@H]1C(=O)NCCN1C(=O)COc1ccc(Cl)cc1. The molecule has 6 heteroatoms. The van der Waals surface area contributed by atoms with Gasteiger partial charge in [-0.1, -0.05) is 11.6 Å². The third kappa shape index (κ3) is 3.38. The number of halogens is 1. The third-order valence-electron chi connectivity index (χ3n) is 3.00. The summed E-state index contributed by atoms with van der Waals surface area (Å²) in [5.41, 5.74) is 0. The van der Waals surface area contributed by atoms with E-state index in [1.165, 1.54) is 4.90 Å². The Bertz CT molecular complexity index is 475. The number of piperazine rings is 1. The molecular weight excluding hydrogens is 268 g/mol. The van der Waals surface area contributed by atoms with Crippen molar-refractivity contribution in [3.05, 3.63) is 29.3 Å². The number of nitrogens with one attached hydrogen (secondary N) is 1. The lowest BCUT2D eigenvalue weighted by Crippen LogP contribution is -2.56. The van der Waals surface area contributed by atoms with Crippen LogP contribution in [0.4, 0.5) is 0 Å². The Labute approximate surface area is 116 Å². The zero-order valence-electron chi connectivity index (χ0n) is 10.6. The largest absolute Gasteiger partial charge is 0.484 e. The van der Waals surface area contributed by atoms with Gasteiger partial charge in [0.1, 0.15) is 11.8 Å². The molecule has 1 saturated heterocycles. The van der Waals surface area contributed by atoms with Crippen LogP contribution in [0.1, 0.15) is 6.92 Å². The van der Waals surface area contributed by atoms with Gasteiger partial charge in [0.2, 0.25) is 5.91 Å². The molecule has 0 unspecified atom stereocenters. The van der Waals surface area contributed by atoms with Crippen LogP contribution in [0, 0.1) is 0 Å². The number of amides is 2. The highest BCUT2D eigenvalue weighted by molar-refractivity contribution is 6.30. The first-order valence-electron chi connectivity index (χ1n) is 6.03. The summed E-state index contributed by atoms with van der Waals surface area (Å²) in [5.74, 6) is 0.246. The molecule has 1 aliphatic rings. The zero-order valence-corrected chi connectivity index (χ0v) is 11.3. The average Bonchev–Trinajstić information content (AvgIpc) is 2.41. The monoisotopic (exact) mass is 282 g/mol. The van der Waals surface area contributed by atoms with E-state index < -0.39 is 6.04 Å². The van der Waals surface area contributed by atoms with E-state index in [0.29, 0.717) is 23.9 Å². The number of hydrogen-bond donors (Lipinski definition) is 1. The van der Waals surface area contributed by atoms with Crippen molar-refractivity contribution < 1.29 is 14.3 Å². The van der Waals surface area contributed by atoms with Gasteiger partial charge in [0.25, 0.3) is 5.91 Å². The number of carbonyl (C=O) groups is 2. The fraction of sp³-hybridized carbons (Fsp3) is 0.385. The molecule has 0 spiro atoms. The van der Waals surface area contributed by atoms with Gasteiger partial charge in [0, 0.05) is 18.1 Å². The minimum atomic E-state index is -0.449. The molecule has 1 atom stereocenters. The normalized spacial score (nSPS) is 18.9. The van der Waals surface area contributed by atoms with Crippen molar-refractivity contribution in [1.82, 2.24) is 10.2 Å². The molecule has 5 nitrogen and oxygen atoms in total. The highest BCUT2D eigenvalue weighted by atomic mass is 35.5. The van der Waals surface area contributed by atoms with Crippen LogP contribution in [0.15, 0.2) is 24.3 Å². The molecule has 0 bridgehead atoms. The Kier molecular flexibility index (Phi) is 4.27. The second kappa shape index (κ2) is 5.93. The summed E-state index contributed by atoms with van der Waals surface area (Å²) in [6.45, 7) is 2.61. The van der Waals surface area contributed by atoms with E-state index in [1.54, 1.807) is 31.2 Å². The van der Waals surface area contributed by atoms with E-state index in [9.17, 15) is 9.59 Å².